The van der Waals surface area contributed by atoms with Gasteiger partial charge >= 0.3 is 0 Å². The molecule has 0 saturated heterocycles. The third-order valence-electron chi connectivity index (χ3n) is 4.32. The third kappa shape index (κ3) is 2.41. The summed E-state index contributed by atoms with van der Waals surface area (Å²) in [5, 5.41) is 7.22. The highest BCUT2D eigenvalue weighted by Gasteiger charge is 2.26. The average Bonchev–Trinajstić information content (AvgIpc) is 3.11. The molecule has 2 heterocycles. The summed E-state index contributed by atoms with van der Waals surface area (Å²) in [6.45, 7) is 1.43. The maximum Gasteiger partial charge on any atom is 0.255 e. The molecule has 0 aliphatic heterocycles. The lowest BCUT2D eigenvalue weighted by Gasteiger charge is -2.18. The molecule has 2 aromatic rings. The Kier molecular flexibility index (Phi) is 3.69. The molecule has 0 spiro atoms. The van der Waals surface area contributed by atoms with Crippen molar-refractivity contribution in [3.05, 3.63) is 36.2 Å². The monoisotopic (exact) mass is 272 g/mol. The van der Waals surface area contributed by atoms with Crippen molar-refractivity contribution >= 4 is 11.4 Å². The second kappa shape index (κ2) is 5.63. The summed E-state index contributed by atoms with van der Waals surface area (Å²) in [7, 11) is 0. The minimum Gasteiger partial charge on any atom is -0.352 e. The fraction of sp³-hybridized carbons (Fsp3) is 0.467. The van der Waals surface area contributed by atoms with Gasteiger partial charge in [-0.05, 0) is 43.4 Å². The molecular formula is C15H20N4O. The van der Waals surface area contributed by atoms with Crippen molar-refractivity contribution in [2.45, 2.75) is 19.3 Å². The summed E-state index contributed by atoms with van der Waals surface area (Å²) in [5.74, 6) is 1.03. The average molecular weight is 272 g/mol. The van der Waals surface area contributed by atoms with Gasteiger partial charge in [-0.15, -0.1) is 0 Å². The number of nitrogens with zero attached hydrogens (tertiary/aromatic N) is 2. The van der Waals surface area contributed by atoms with E-state index in [9.17, 15) is 4.79 Å². The summed E-state index contributed by atoms with van der Waals surface area (Å²) in [5.41, 5.74) is 7.25. The zero-order valence-corrected chi connectivity index (χ0v) is 11.5. The SMILES string of the molecule is NCC1CCCC1CNC(=O)c1cnn2ccccc12. The maximum atomic E-state index is 12.3. The lowest BCUT2D eigenvalue weighted by Crippen LogP contribution is -2.32. The number of rotatable bonds is 4. The van der Waals surface area contributed by atoms with Crippen molar-refractivity contribution in [2.24, 2.45) is 17.6 Å². The number of carbonyl (C=O) groups is 1. The zero-order valence-electron chi connectivity index (χ0n) is 11.5. The molecule has 5 nitrogen and oxygen atoms in total. The van der Waals surface area contributed by atoms with Gasteiger partial charge in [0.15, 0.2) is 0 Å². The van der Waals surface area contributed by atoms with Crippen LogP contribution in [0.15, 0.2) is 30.6 Å². The molecule has 1 aliphatic rings. The molecule has 3 rings (SSSR count). The Balaban J connectivity index is 1.67. The van der Waals surface area contributed by atoms with Crippen LogP contribution >= 0.6 is 0 Å². The van der Waals surface area contributed by atoms with Crippen molar-refractivity contribution in [2.75, 3.05) is 13.1 Å². The second-order valence-corrected chi connectivity index (χ2v) is 5.49. The molecule has 2 atom stereocenters. The fourth-order valence-corrected chi connectivity index (χ4v) is 3.12. The molecule has 2 aromatic heterocycles. The molecule has 1 amide bonds. The number of carbonyl (C=O) groups excluding carboxylic acids is 1. The molecule has 2 unspecified atom stereocenters. The van der Waals surface area contributed by atoms with E-state index < -0.39 is 0 Å². The van der Waals surface area contributed by atoms with Gasteiger partial charge in [-0.1, -0.05) is 12.5 Å². The molecule has 1 fully saturated rings. The first-order valence-electron chi connectivity index (χ1n) is 7.20. The van der Waals surface area contributed by atoms with Crippen molar-refractivity contribution < 1.29 is 4.79 Å². The van der Waals surface area contributed by atoms with E-state index in [2.05, 4.69) is 10.4 Å². The number of hydrogen-bond acceptors (Lipinski definition) is 3. The molecule has 20 heavy (non-hydrogen) atoms. The van der Waals surface area contributed by atoms with E-state index in [0.717, 1.165) is 18.5 Å². The van der Waals surface area contributed by atoms with Crippen LogP contribution in [-0.2, 0) is 0 Å². The lowest BCUT2D eigenvalue weighted by molar-refractivity contribution is 0.0945. The van der Waals surface area contributed by atoms with Crippen molar-refractivity contribution in [1.29, 1.82) is 0 Å². The Morgan fingerprint density at radius 1 is 1.40 bits per heavy atom. The van der Waals surface area contributed by atoms with Crippen molar-refractivity contribution in [3.8, 4) is 0 Å². The molecular weight excluding hydrogens is 252 g/mol. The zero-order chi connectivity index (χ0) is 13.9. The van der Waals surface area contributed by atoms with Crippen LogP contribution in [0.5, 0.6) is 0 Å². The molecule has 0 radical (unpaired) electrons. The molecule has 106 valence electrons. The van der Waals surface area contributed by atoms with Crippen LogP contribution in [0.3, 0.4) is 0 Å². The number of amides is 1. The van der Waals surface area contributed by atoms with Gasteiger partial charge in [0.05, 0.1) is 17.3 Å². The molecule has 5 heteroatoms. The highest BCUT2D eigenvalue weighted by atomic mass is 16.1. The van der Waals surface area contributed by atoms with E-state index >= 15 is 0 Å². The summed E-state index contributed by atoms with van der Waals surface area (Å²) in [6, 6.07) is 5.71. The lowest BCUT2D eigenvalue weighted by atomic mass is 9.96. The Bertz CT molecular complexity index is 607. The van der Waals surface area contributed by atoms with E-state index in [1.54, 1.807) is 10.7 Å². The summed E-state index contributed by atoms with van der Waals surface area (Å²) < 4.78 is 1.72. The van der Waals surface area contributed by atoms with Gasteiger partial charge in [-0.25, -0.2) is 4.52 Å². The quantitative estimate of drug-likeness (QED) is 0.884. The first kappa shape index (κ1) is 13.1. The van der Waals surface area contributed by atoms with Crippen LogP contribution in [-0.4, -0.2) is 28.6 Å². The minimum atomic E-state index is -0.0473. The normalized spacial score (nSPS) is 22.2. The second-order valence-electron chi connectivity index (χ2n) is 5.49. The minimum absolute atomic E-state index is 0.0473. The number of aromatic nitrogens is 2. The Morgan fingerprint density at radius 2 is 2.25 bits per heavy atom. The van der Waals surface area contributed by atoms with E-state index in [1.165, 1.54) is 12.8 Å². The van der Waals surface area contributed by atoms with Crippen LogP contribution in [0.4, 0.5) is 0 Å². The summed E-state index contributed by atoms with van der Waals surface area (Å²) in [6.07, 6.45) is 7.04. The van der Waals surface area contributed by atoms with Crippen LogP contribution < -0.4 is 11.1 Å². The van der Waals surface area contributed by atoms with Gasteiger partial charge < -0.3 is 11.1 Å². The van der Waals surface area contributed by atoms with Crippen LogP contribution in [0.2, 0.25) is 0 Å². The van der Waals surface area contributed by atoms with E-state index in [-0.39, 0.29) is 5.91 Å². The topological polar surface area (TPSA) is 72.4 Å². The fourth-order valence-electron chi connectivity index (χ4n) is 3.12. The molecule has 3 N–H and O–H groups in total. The smallest absolute Gasteiger partial charge is 0.255 e. The third-order valence-corrected chi connectivity index (χ3v) is 4.32. The molecule has 0 bridgehead atoms. The predicted molar refractivity (Wildman–Crippen MR) is 77.4 cm³/mol. The van der Waals surface area contributed by atoms with Gasteiger partial charge in [0.1, 0.15) is 0 Å². The highest BCUT2D eigenvalue weighted by molar-refractivity contribution is 6.00. The van der Waals surface area contributed by atoms with Gasteiger partial charge in [0, 0.05) is 12.7 Å². The Hall–Kier alpha value is -1.88. The van der Waals surface area contributed by atoms with E-state index in [0.29, 0.717) is 23.9 Å². The summed E-state index contributed by atoms with van der Waals surface area (Å²) in [4.78, 5) is 12.3. The van der Waals surface area contributed by atoms with E-state index in [4.69, 9.17) is 5.73 Å². The number of nitrogens with one attached hydrogen (secondary N) is 1. The van der Waals surface area contributed by atoms with E-state index in [1.807, 2.05) is 24.4 Å². The Morgan fingerprint density at radius 3 is 3.10 bits per heavy atom. The van der Waals surface area contributed by atoms with Crippen molar-refractivity contribution in [3.63, 3.8) is 0 Å². The first-order chi connectivity index (χ1) is 9.79. The summed E-state index contributed by atoms with van der Waals surface area (Å²) >= 11 is 0. The largest absolute Gasteiger partial charge is 0.352 e. The van der Waals surface area contributed by atoms with Crippen LogP contribution in [0.1, 0.15) is 29.6 Å². The number of pyridine rings is 1. The first-order valence-corrected chi connectivity index (χ1v) is 7.20. The maximum absolute atomic E-state index is 12.3. The highest BCUT2D eigenvalue weighted by Crippen LogP contribution is 2.30. The van der Waals surface area contributed by atoms with Crippen LogP contribution in [0, 0.1) is 11.8 Å². The standard InChI is InChI=1S/C15H20N4O/c16-8-11-4-3-5-12(11)9-17-15(20)13-10-18-19-7-2-1-6-14(13)19/h1-2,6-7,10-12H,3-5,8-9,16H2,(H,17,20). The van der Waals surface area contributed by atoms with Crippen LogP contribution in [0.25, 0.3) is 5.52 Å². The van der Waals surface area contributed by atoms with Gasteiger partial charge in [0.25, 0.3) is 5.91 Å². The number of fused-ring (bicyclic) bond motifs is 1. The molecule has 1 aliphatic carbocycles. The number of hydrogen-bond donors (Lipinski definition) is 2. The predicted octanol–water partition coefficient (Wildman–Crippen LogP) is 1.44. The number of nitrogens with two attached hydrogens (primary N) is 1. The van der Waals surface area contributed by atoms with Gasteiger partial charge in [-0.2, -0.15) is 5.10 Å². The van der Waals surface area contributed by atoms with Crippen molar-refractivity contribution in [1.82, 2.24) is 14.9 Å². The van der Waals surface area contributed by atoms with Gasteiger partial charge in [0.2, 0.25) is 0 Å². The molecule has 1 saturated carbocycles. The Labute approximate surface area is 118 Å². The molecule has 0 aromatic carbocycles. The van der Waals surface area contributed by atoms with Gasteiger partial charge in [-0.3, -0.25) is 4.79 Å².